The van der Waals surface area contributed by atoms with E-state index >= 15 is 0 Å². The maximum Gasteiger partial charge on any atom is 0.253 e. The third-order valence-corrected chi connectivity index (χ3v) is 6.18. The smallest absolute Gasteiger partial charge is 0.253 e. The lowest BCUT2D eigenvalue weighted by molar-refractivity contribution is -0.115. The van der Waals surface area contributed by atoms with Crippen LogP contribution in [0.25, 0.3) is 0 Å². The zero-order valence-electron chi connectivity index (χ0n) is 16.4. The minimum absolute atomic E-state index is 0.0629. The molecule has 0 saturated heterocycles. The molecule has 150 valence electrons. The molecular weight excluding hydrogens is 376 g/mol. The van der Waals surface area contributed by atoms with Crippen LogP contribution in [0.5, 0.6) is 0 Å². The molecule has 0 aliphatic carbocycles. The highest BCUT2D eigenvalue weighted by molar-refractivity contribution is 7.91. The summed E-state index contributed by atoms with van der Waals surface area (Å²) in [4.78, 5) is 26.3. The Balaban J connectivity index is 1.94. The Morgan fingerprint density at radius 2 is 1.50 bits per heavy atom. The van der Waals surface area contributed by atoms with Gasteiger partial charge in [0.05, 0.1) is 10.6 Å². The Morgan fingerprint density at radius 1 is 0.929 bits per heavy atom. The number of nitrogens with one attached hydrogen (secondary N) is 1. The summed E-state index contributed by atoms with van der Waals surface area (Å²) in [6.07, 6.45) is -0.143. The zero-order chi connectivity index (χ0) is 20.7. The van der Waals surface area contributed by atoms with E-state index in [0.29, 0.717) is 24.3 Å². The summed E-state index contributed by atoms with van der Waals surface area (Å²) in [5.74, 6) is -0.717. The monoisotopic (exact) mass is 402 g/mol. The summed E-state index contributed by atoms with van der Waals surface area (Å²) < 4.78 is 24.6. The molecule has 2 rings (SSSR count). The number of amides is 2. The summed E-state index contributed by atoms with van der Waals surface area (Å²) in [6, 6.07) is 13.1. The lowest BCUT2D eigenvalue weighted by Crippen LogP contribution is -2.30. The molecule has 0 heterocycles. The van der Waals surface area contributed by atoms with Crippen LogP contribution in [0.1, 0.15) is 36.2 Å². The Hall–Kier alpha value is -2.67. The molecule has 1 N–H and O–H groups in total. The highest BCUT2D eigenvalue weighted by atomic mass is 32.2. The fraction of sp³-hybridized carbons (Fsp3) is 0.333. The number of aryl methyl sites for hydroxylation is 1. The van der Waals surface area contributed by atoms with Gasteiger partial charge in [-0.15, -0.1) is 0 Å². The standard InChI is InChI=1S/C21H26N2O4S/c1-4-23(5-2)21(25)17-8-10-18(11-9-17)22-20(24)14-15-28(26,27)19-12-6-16(3)7-13-19/h6-13H,4-5,14-15H2,1-3H3,(H,22,24). The molecule has 0 saturated carbocycles. The van der Waals surface area contributed by atoms with Crippen molar-refractivity contribution in [2.75, 3.05) is 24.2 Å². The molecule has 0 bridgehead atoms. The predicted octanol–water partition coefficient (Wildman–Crippen LogP) is 3.28. The van der Waals surface area contributed by atoms with Gasteiger partial charge in [-0.3, -0.25) is 9.59 Å². The minimum Gasteiger partial charge on any atom is -0.339 e. The van der Waals surface area contributed by atoms with E-state index in [1.165, 1.54) is 0 Å². The predicted molar refractivity (Wildman–Crippen MR) is 110 cm³/mol. The van der Waals surface area contributed by atoms with E-state index in [1.54, 1.807) is 53.4 Å². The Labute approximate surface area is 166 Å². The normalized spacial score (nSPS) is 11.1. The molecule has 7 heteroatoms. The number of benzene rings is 2. The summed E-state index contributed by atoms with van der Waals surface area (Å²) >= 11 is 0. The second-order valence-electron chi connectivity index (χ2n) is 6.48. The van der Waals surface area contributed by atoms with Gasteiger partial charge in [-0.1, -0.05) is 17.7 Å². The first kappa shape index (κ1) is 21.6. The molecule has 2 aromatic carbocycles. The molecule has 0 fully saturated rings. The van der Waals surface area contributed by atoms with Gasteiger partial charge in [0, 0.05) is 30.8 Å². The van der Waals surface area contributed by atoms with Crippen molar-refractivity contribution < 1.29 is 18.0 Å². The first-order valence-corrected chi connectivity index (χ1v) is 10.9. The second-order valence-corrected chi connectivity index (χ2v) is 8.59. The van der Waals surface area contributed by atoms with Crippen LogP contribution in [-0.4, -0.2) is 44.0 Å². The molecule has 0 aliphatic rings. The van der Waals surface area contributed by atoms with Crippen LogP contribution in [0.3, 0.4) is 0 Å². The van der Waals surface area contributed by atoms with Gasteiger partial charge in [-0.25, -0.2) is 8.42 Å². The van der Waals surface area contributed by atoms with Crippen LogP contribution >= 0.6 is 0 Å². The van der Waals surface area contributed by atoms with Crippen molar-refractivity contribution in [1.29, 1.82) is 0 Å². The van der Waals surface area contributed by atoms with Gasteiger partial charge in [-0.2, -0.15) is 0 Å². The van der Waals surface area contributed by atoms with Crippen LogP contribution in [0.15, 0.2) is 53.4 Å². The molecule has 6 nitrogen and oxygen atoms in total. The SMILES string of the molecule is CCN(CC)C(=O)c1ccc(NC(=O)CCS(=O)(=O)c2ccc(C)cc2)cc1. The van der Waals surface area contributed by atoms with Crippen LogP contribution in [0.2, 0.25) is 0 Å². The van der Waals surface area contributed by atoms with Crippen molar-refractivity contribution in [1.82, 2.24) is 4.90 Å². The Bertz CT molecular complexity index is 916. The summed E-state index contributed by atoms with van der Waals surface area (Å²) in [5, 5.41) is 2.67. The minimum atomic E-state index is -3.51. The highest BCUT2D eigenvalue weighted by Gasteiger charge is 2.17. The third kappa shape index (κ3) is 5.66. The van der Waals surface area contributed by atoms with Gasteiger partial charge in [-0.05, 0) is 57.2 Å². The molecule has 2 amide bonds. The first-order valence-electron chi connectivity index (χ1n) is 9.25. The van der Waals surface area contributed by atoms with E-state index in [9.17, 15) is 18.0 Å². The van der Waals surface area contributed by atoms with Gasteiger partial charge in [0.2, 0.25) is 5.91 Å². The van der Waals surface area contributed by atoms with Crippen molar-refractivity contribution in [3.05, 3.63) is 59.7 Å². The molecular formula is C21H26N2O4S. The van der Waals surface area contributed by atoms with Gasteiger partial charge < -0.3 is 10.2 Å². The molecule has 0 spiro atoms. The average Bonchev–Trinajstić information content (AvgIpc) is 2.68. The fourth-order valence-electron chi connectivity index (χ4n) is 2.70. The van der Waals surface area contributed by atoms with Gasteiger partial charge in [0.15, 0.2) is 9.84 Å². The van der Waals surface area contributed by atoms with E-state index in [1.807, 2.05) is 20.8 Å². The van der Waals surface area contributed by atoms with Gasteiger partial charge in [0.1, 0.15) is 0 Å². The van der Waals surface area contributed by atoms with Crippen LogP contribution < -0.4 is 5.32 Å². The van der Waals surface area contributed by atoms with Crippen molar-refractivity contribution in [3.63, 3.8) is 0 Å². The second kappa shape index (κ2) is 9.50. The number of hydrogen-bond donors (Lipinski definition) is 1. The average molecular weight is 403 g/mol. The van der Waals surface area contributed by atoms with E-state index < -0.39 is 15.7 Å². The maximum atomic E-state index is 12.3. The van der Waals surface area contributed by atoms with Crippen molar-refractivity contribution in [2.24, 2.45) is 0 Å². The molecule has 0 unspecified atom stereocenters. The number of hydrogen-bond acceptors (Lipinski definition) is 4. The number of rotatable bonds is 8. The molecule has 2 aromatic rings. The lowest BCUT2D eigenvalue weighted by atomic mass is 10.1. The van der Waals surface area contributed by atoms with Crippen LogP contribution in [-0.2, 0) is 14.6 Å². The van der Waals surface area contributed by atoms with Crippen molar-refractivity contribution in [3.8, 4) is 0 Å². The molecule has 28 heavy (non-hydrogen) atoms. The van der Waals surface area contributed by atoms with Gasteiger partial charge in [0.25, 0.3) is 5.91 Å². The van der Waals surface area contributed by atoms with Gasteiger partial charge >= 0.3 is 0 Å². The Kier molecular flexibility index (Phi) is 7.34. The quantitative estimate of drug-likeness (QED) is 0.734. The number of carbonyl (C=O) groups is 2. The zero-order valence-corrected chi connectivity index (χ0v) is 17.3. The highest BCUT2D eigenvalue weighted by Crippen LogP contribution is 2.15. The summed E-state index contributed by atoms with van der Waals surface area (Å²) in [7, 11) is -3.51. The topological polar surface area (TPSA) is 83.6 Å². The summed E-state index contributed by atoms with van der Waals surface area (Å²) in [5.41, 5.74) is 2.04. The third-order valence-electron chi connectivity index (χ3n) is 4.44. The van der Waals surface area contributed by atoms with Crippen LogP contribution in [0, 0.1) is 6.92 Å². The molecule has 0 aromatic heterocycles. The maximum absolute atomic E-state index is 12.3. The van der Waals surface area contributed by atoms with E-state index in [2.05, 4.69) is 5.32 Å². The lowest BCUT2D eigenvalue weighted by Gasteiger charge is -2.18. The van der Waals surface area contributed by atoms with E-state index in [4.69, 9.17) is 0 Å². The number of anilines is 1. The number of nitrogens with zero attached hydrogens (tertiary/aromatic N) is 1. The fourth-order valence-corrected chi connectivity index (χ4v) is 3.94. The van der Waals surface area contributed by atoms with E-state index in [0.717, 1.165) is 5.56 Å². The largest absolute Gasteiger partial charge is 0.339 e. The molecule has 0 atom stereocenters. The number of sulfone groups is 1. The number of carbonyl (C=O) groups excluding carboxylic acids is 2. The van der Waals surface area contributed by atoms with Crippen LogP contribution in [0.4, 0.5) is 5.69 Å². The Morgan fingerprint density at radius 3 is 2.04 bits per heavy atom. The summed E-state index contributed by atoms with van der Waals surface area (Å²) in [6.45, 7) is 6.97. The first-order chi connectivity index (χ1) is 13.3. The van der Waals surface area contributed by atoms with Crippen molar-refractivity contribution >= 4 is 27.3 Å². The van der Waals surface area contributed by atoms with Crippen molar-refractivity contribution in [2.45, 2.75) is 32.1 Å². The van der Waals surface area contributed by atoms with E-state index in [-0.39, 0.29) is 23.0 Å². The molecule has 0 aliphatic heterocycles. The molecule has 0 radical (unpaired) electrons.